The smallest absolute Gasteiger partial charge is 0.222 e. The van der Waals surface area contributed by atoms with Crippen molar-refractivity contribution in [3.63, 3.8) is 0 Å². The van der Waals surface area contributed by atoms with Gasteiger partial charge in [0.25, 0.3) is 0 Å². The summed E-state index contributed by atoms with van der Waals surface area (Å²) in [6.45, 7) is 8.43. The maximum absolute atomic E-state index is 12.1. The van der Waals surface area contributed by atoms with Crippen molar-refractivity contribution in [2.24, 2.45) is 7.05 Å². The van der Waals surface area contributed by atoms with E-state index in [0.717, 1.165) is 27.1 Å². The maximum Gasteiger partial charge on any atom is 0.222 e. The number of aryl methyl sites for hydroxylation is 4. The standard InChI is InChI=1S/C15H22BrN5O/c1-9(13-8-20(5)18-10(13)2)17-14(22)6-7-21-12(4)15(16)11(3)19-21/h8-9H,6-7H2,1-5H3,(H,17,22). The highest BCUT2D eigenvalue weighted by molar-refractivity contribution is 9.10. The zero-order valence-electron chi connectivity index (χ0n) is 13.6. The van der Waals surface area contributed by atoms with E-state index in [1.807, 2.05) is 45.6 Å². The Labute approximate surface area is 139 Å². The van der Waals surface area contributed by atoms with E-state index in [1.165, 1.54) is 0 Å². The second-order valence-electron chi connectivity index (χ2n) is 5.59. The van der Waals surface area contributed by atoms with Crippen LogP contribution in [0.25, 0.3) is 0 Å². The monoisotopic (exact) mass is 367 g/mol. The van der Waals surface area contributed by atoms with E-state index in [4.69, 9.17) is 0 Å². The van der Waals surface area contributed by atoms with Crippen LogP contribution in [-0.2, 0) is 18.4 Å². The summed E-state index contributed by atoms with van der Waals surface area (Å²) >= 11 is 3.49. The molecule has 0 aliphatic heterocycles. The lowest BCUT2D eigenvalue weighted by atomic mass is 10.1. The van der Waals surface area contributed by atoms with Gasteiger partial charge in [-0.3, -0.25) is 14.2 Å². The van der Waals surface area contributed by atoms with E-state index in [0.29, 0.717) is 13.0 Å². The highest BCUT2D eigenvalue weighted by Gasteiger charge is 2.15. The number of hydrogen-bond donors (Lipinski definition) is 1. The SMILES string of the molecule is Cc1nn(C)cc1C(C)NC(=O)CCn1nc(C)c(Br)c1C. The molecule has 1 unspecified atom stereocenters. The number of halogens is 1. The molecule has 0 saturated carbocycles. The van der Waals surface area contributed by atoms with E-state index in [-0.39, 0.29) is 11.9 Å². The van der Waals surface area contributed by atoms with Crippen molar-refractivity contribution in [1.82, 2.24) is 24.9 Å². The van der Waals surface area contributed by atoms with Crippen LogP contribution in [0.5, 0.6) is 0 Å². The predicted octanol–water partition coefficient (Wildman–Crippen LogP) is 2.57. The molecule has 0 spiro atoms. The van der Waals surface area contributed by atoms with Gasteiger partial charge in [-0.25, -0.2) is 0 Å². The van der Waals surface area contributed by atoms with Gasteiger partial charge < -0.3 is 5.32 Å². The molecule has 0 aliphatic rings. The Balaban J connectivity index is 1.93. The Bertz CT molecular complexity index is 688. The quantitative estimate of drug-likeness (QED) is 0.882. The van der Waals surface area contributed by atoms with Gasteiger partial charge in [-0.05, 0) is 43.6 Å². The van der Waals surface area contributed by atoms with Gasteiger partial charge in [-0.15, -0.1) is 0 Å². The van der Waals surface area contributed by atoms with E-state index in [1.54, 1.807) is 4.68 Å². The van der Waals surface area contributed by atoms with Crippen molar-refractivity contribution >= 4 is 21.8 Å². The molecule has 7 heteroatoms. The van der Waals surface area contributed by atoms with Gasteiger partial charge in [0, 0.05) is 30.9 Å². The molecule has 0 aromatic carbocycles. The molecule has 0 fully saturated rings. The van der Waals surface area contributed by atoms with Crippen molar-refractivity contribution < 1.29 is 4.79 Å². The first-order valence-corrected chi connectivity index (χ1v) is 8.08. The predicted molar refractivity (Wildman–Crippen MR) is 88.5 cm³/mol. The normalized spacial score (nSPS) is 12.5. The number of aromatic nitrogens is 4. The summed E-state index contributed by atoms with van der Waals surface area (Å²) in [4.78, 5) is 12.1. The van der Waals surface area contributed by atoms with Gasteiger partial charge in [-0.2, -0.15) is 10.2 Å². The van der Waals surface area contributed by atoms with Crippen LogP contribution in [0.3, 0.4) is 0 Å². The molecule has 2 heterocycles. The molecule has 1 N–H and O–H groups in total. The molecule has 2 aromatic heterocycles. The minimum Gasteiger partial charge on any atom is -0.349 e. The third kappa shape index (κ3) is 3.58. The summed E-state index contributed by atoms with van der Waals surface area (Å²) in [7, 11) is 1.88. The molecule has 6 nitrogen and oxygen atoms in total. The third-order valence-corrected chi connectivity index (χ3v) is 4.89. The summed E-state index contributed by atoms with van der Waals surface area (Å²) in [6.07, 6.45) is 2.34. The highest BCUT2D eigenvalue weighted by atomic mass is 79.9. The van der Waals surface area contributed by atoms with Gasteiger partial charge in [0.15, 0.2) is 0 Å². The van der Waals surface area contributed by atoms with E-state index < -0.39 is 0 Å². The van der Waals surface area contributed by atoms with Crippen molar-refractivity contribution in [3.05, 3.63) is 33.3 Å². The Morgan fingerprint density at radius 1 is 1.32 bits per heavy atom. The van der Waals surface area contributed by atoms with Gasteiger partial charge in [0.05, 0.1) is 28.4 Å². The number of amides is 1. The Kier molecular flexibility index (Phi) is 5.05. The molecular formula is C15H22BrN5O. The minimum absolute atomic E-state index is 0.0134. The lowest BCUT2D eigenvalue weighted by Crippen LogP contribution is -2.27. The molecule has 22 heavy (non-hydrogen) atoms. The highest BCUT2D eigenvalue weighted by Crippen LogP contribution is 2.20. The van der Waals surface area contributed by atoms with Gasteiger partial charge in [0.2, 0.25) is 5.91 Å². The lowest BCUT2D eigenvalue weighted by Gasteiger charge is -2.13. The zero-order chi connectivity index (χ0) is 16.4. The van der Waals surface area contributed by atoms with Crippen LogP contribution in [-0.4, -0.2) is 25.5 Å². The van der Waals surface area contributed by atoms with Gasteiger partial charge in [-0.1, -0.05) is 0 Å². The summed E-state index contributed by atoms with van der Waals surface area (Å²) in [5, 5.41) is 11.7. The molecule has 0 saturated heterocycles. The lowest BCUT2D eigenvalue weighted by molar-refractivity contribution is -0.122. The van der Waals surface area contributed by atoms with Gasteiger partial charge >= 0.3 is 0 Å². The van der Waals surface area contributed by atoms with E-state index >= 15 is 0 Å². The summed E-state index contributed by atoms with van der Waals surface area (Å²) < 4.78 is 4.63. The van der Waals surface area contributed by atoms with Gasteiger partial charge in [0.1, 0.15) is 0 Å². The largest absolute Gasteiger partial charge is 0.349 e. The second-order valence-corrected chi connectivity index (χ2v) is 6.38. The number of rotatable bonds is 5. The minimum atomic E-state index is -0.0478. The van der Waals surface area contributed by atoms with Crippen LogP contribution in [0.15, 0.2) is 10.7 Å². The number of carbonyl (C=O) groups is 1. The summed E-state index contributed by atoms with van der Waals surface area (Å²) in [5.74, 6) is 0.0134. The zero-order valence-corrected chi connectivity index (χ0v) is 15.2. The number of nitrogens with one attached hydrogen (secondary N) is 1. The molecule has 0 aliphatic carbocycles. The molecule has 0 bridgehead atoms. The van der Waals surface area contributed by atoms with Crippen LogP contribution in [0.1, 0.15) is 42.0 Å². The van der Waals surface area contributed by atoms with Crippen LogP contribution in [0.4, 0.5) is 0 Å². The summed E-state index contributed by atoms with van der Waals surface area (Å²) in [5.41, 5.74) is 3.97. The third-order valence-electron chi connectivity index (χ3n) is 3.74. The fourth-order valence-corrected chi connectivity index (χ4v) is 2.82. The van der Waals surface area contributed by atoms with Crippen LogP contribution in [0, 0.1) is 20.8 Å². The number of nitrogens with zero attached hydrogens (tertiary/aromatic N) is 4. The van der Waals surface area contributed by atoms with E-state index in [2.05, 4.69) is 31.4 Å². The number of hydrogen-bond acceptors (Lipinski definition) is 3. The molecule has 0 radical (unpaired) electrons. The fourth-order valence-electron chi connectivity index (χ4n) is 2.53. The van der Waals surface area contributed by atoms with Crippen molar-refractivity contribution in [2.45, 2.75) is 46.7 Å². The molecule has 2 aromatic rings. The molecule has 2 rings (SSSR count). The van der Waals surface area contributed by atoms with Crippen LogP contribution in [0.2, 0.25) is 0 Å². The Morgan fingerprint density at radius 2 is 2.00 bits per heavy atom. The van der Waals surface area contributed by atoms with Crippen LogP contribution >= 0.6 is 15.9 Å². The van der Waals surface area contributed by atoms with Crippen molar-refractivity contribution in [1.29, 1.82) is 0 Å². The van der Waals surface area contributed by atoms with Crippen molar-refractivity contribution in [2.75, 3.05) is 0 Å². The summed E-state index contributed by atoms with van der Waals surface area (Å²) in [6, 6.07) is -0.0478. The first-order valence-electron chi connectivity index (χ1n) is 7.28. The second kappa shape index (κ2) is 6.64. The first-order chi connectivity index (χ1) is 10.3. The Morgan fingerprint density at radius 3 is 2.50 bits per heavy atom. The molecular weight excluding hydrogens is 346 g/mol. The number of carbonyl (C=O) groups excluding carboxylic acids is 1. The average Bonchev–Trinajstić information content (AvgIpc) is 2.90. The van der Waals surface area contributed by atoms with Crippen LogP contribution < -0.4 is 5.32 Å². The molecule has 120 valence electrons. The fraction of sp³-hybridized carbons (Fsp3) is 0.533. The molecule has 1 amide bonds. The van der Waals surface area contributed by atoms with Crippen molar-refractivity contribution in [3.8, 4) is 0 Å². The first kappa shape index (κ1) is 16.7. The maximum atomic E-state index is 12.1. The average molecular weight is 368 g/mol. The van der Waals surface area contributed by atoms with E-state index in [9.17, 15) is 4.79 Å². The Hall–Kier alpha value is -1.63. The molecule has 1 atom stereocenters. The topological polar surface area (TPSA) is 64.7 Å².